The molecule has 25 heavy (non-hydrogen) atoms. The second kappa shape index (κ2) is 7.66. The van der Waals surface area contributed by atoms with Crippen molar-refractivity contribution in [1.29, 1.82) is 0 Å². The highest BCUT2D eigenvalue weighted by atomic mass is 32.1. The van der Waals surface area contributed by atoms with E-state index >= 15 is 0 Å². The van der Waals surface area contributed by atoms with Crippen LogP contribution in [0.25, 0.3) is 5.57 Å². The molecule has 5 heteroatoms. The summed E-state index contributed by atoms with van der Waals surface area (Å²) in [5.41, 5.74) is 1.91. The van der Waals surface area contributed by atoms with Gasteiger partial charge in [-0.15, -0.1) is 11.3 Å². The van der Waals surface area contributed by atoms with Gasteiger partial charge in [-0.25, -0.2) is 0 Å². The van der Waals surface area contributed by atoms with Crippen LogP contribution in [-0.4, -0.2) is 25.5 Å². The topological polar surface area (TPSA) is 52.6 Å². The Morgan fingerprint density at radius 2 is 2.00 bits per heavy atom. The van der Waals surface area contributed by atoms with E-state index in [1.807, 2.05) is 41.8 Å². The Balaban J connectivity index is 1.96. The molecule has 1 aromatic carbocycles. The van der Waals surface area contributed by atoms with Crippen molar-refractivity contribution in [3.05, 3.63) is 58.3 Å². The maximum atomic E-state index is 12.7. The van der Waals surface area contributed by atoms with Gasteiger partial charge in [-0.1, -0.05) is 18.2 Å². The van der Waals surface area contributed by atoms with Crippen LogP contribution in [0.4, 0.5) is 0 Å². The van der Waals surface area contributed by atoms with Gasteiger partial charge in [-0.3, -0.25) is 9.59 Å². The fraction of sp³-hybridized carbons (Fsp3) is 0.300. The van der Waals surface area contributed by atoms with E-state index in [1.54, 1.807) is 31.4 Å². The minimum Gasteiger partial charge on any atom is -0.497 e. The van der Waals surface area contributed by atoms with Gasteiger partial charge >= 0.3 is 5.97 Å². The first-order valence-electron chi connectivity index (χ1n) is 8.23. The zero-order chi connectivity index (χ0) is 17.8. The lowest BCUT2D eigenvalue weighted by Crippen LogP contribution is -2.33. The molecule has 0 unspecified atom stereocenters. The van der Waals surface area contributed by atoms with Crippen molar-refractivity contribution in [2.75, 3.05) is 13.7 Å². The number of methoxy groups -OCH3 is 1. The molecule has 0 N–H and O–H groups in total. The van der Waals surface area contributed by atoms with Gasteiger partial charge in [0.05, 0.1) is 13.7 Å². The third kappa shape index (κ3) is 3.66. The van der Waals surface area contributed by atoms with Crippen LogP contribution < -0.4 is 4.74 Å². The van der Waals surface area contributed by atoms with Crippen molar-refractivity contribution in [2.24, 2.45) is 5.92 Å². The third-order valence-electron chi connectivity index (χ3n) is 4.38. The Hall–Kier alpha value is -2.40. The third-order valence-corrected chi connectivity index (χ3v) is 5.38. The maximum Gasteiger partial charge on any atom is 0.317 e. The number of allylic oxidation sites excluding steroid dienone is 2. The molecular formula is C20H20O4S. The second-order valence-electron chi connectivity index (χ2n) is 5.86. The lowest BCUT2D eigenvalue weighted by atomic mass is 9.76. The predicted octanol–water partition coefficient (Wildman–Crippen LogP) is 4.08. The van der Waals surface area contributed by atoms with Gasteiger partial charge in [0.25, 0.3) is 0 Å². The summed E-state index contributed by atoms with van der Waals surface area (Å²) in [5, 5.41) is 1.97. The number of rotatable bonds is 5. The number of ether oxygens (including phenoxy) is 2. The summed E-state index contributed by atoms with van der Waals surface area (Å²) < 4.78 is 10.3. The molecule has 130 valence electrons. The zero-order valence-corrected chi connectivity index (χ0v) is 15.0. The Morgan fingerprint density at radius 1 is 1.24 bits per heavy atom. The number of hydrogen-bond donors (Lipinski definition) is 0. The first-order valence-corrected chi connectivity index (χ1v) is 9.11. The van der Waals surface area contributed by atoms with E-state index in [1.165, 1.54) is 0 Å². The number of ketones is 1. The SMILES string of the molecule is CCOC(=O)[C@H]1C(=O)C=C(c2ccc(OC)cc2)C[C@H]1c1cccs1. The van der Waals surface area contributed by atoms with Gasteiger partial charge in [0.15, 0.2) is 5.78 Å². The summed E-state index contributed by atoms with van der Waals surface area (Å²) in [5.74, 6) is -0.801. The molecule has 1 aliphatic rings. The van der Waals surface area contributed by atoms with Crippen molar-refractivity contribution in [3.63, 3.8) is 0 Å². The minimum atomic E-state index is -0.763. The molecule has 3 rings (SSSR count). The summed E-state index contributed by atoms with van der Waals surface area (Å²) in [4.78, 5) is 26.1. The fourth-order valence-electron chi connectivity index (χ4n) is 3.16. The van der Waals surface area contributed by atoms with Crippen molar-refractivity contribution in [1.82, 2.24) is 0 Å². The van der Waals surface area contributed by atoms with Crippen LogP contribution in [0, 0.1) is 5.92 Å². The van der Waals surface area contributed by atoms with Crippen molar-refractivity contribution in [3.8, 4) is 5.75 Å². The molecule has 0 fully saturated rings. The maximum absolute atomic E-state index is 12.7. The van der Waals surface area contributed by atoms with Crippen LogP contribution in [0.5, 0.6) is 5.75 Å². The number of hydrogen-bond acceptors (Lipinski definition) is 5. The highest BCUT2D eigenvalue weighted by Crippen LogP contribution is 2.42. The van der Waals surface area contributed by atoms with Crippen LogP contribution in [0.2, 0.25) is 0 Å². The standard InChI is InChI=1S/C20H20O4S/c1-3-24-20(22)19-16(18-5-4-10-25-18)11-14(12-17(19)21)13-6-8-15(23-2)9-7-13/h4-10,12,16,19H,3,11H2,1-2H3/t16-,19+/m0/s1. The van der Waals surface area contributed by atoms with Crippen LogP contribution >= 0.6 is 11.3 Å². The number of carbonyl (C=O) groups excluding carboxylic acids is 2. The highest BCUT2D eigenvalue weighted by Gasteiger charge is 2.40. The van der Waals surface area contributed by atoms with Gasteiger partial charge in [0.2, 0.25) is 0 Å². The second-order valence-corrected chi connectivity index (χ2v) is 6.84. The average Bonchev–Trinajstić information content (AvgIpc) is 3.16. The van der Waals surface area contributed by atoms with E-state index in [-0.39, 0.29) is 18.3 Å². The quantitative estimate of drug-likeness (QED) is 0.598. The molecule has 1 aliphatic carbocycles. The van der Waals surface area contributed by atoms with Crippen LogP contribution in [0.1, 0.15) is 29.7 Å². The Bertz CT molecular complexity index is 775. The van der Waals surface area contributed by atoms with Gasteiger partial charge in [0.1, 0.15) is 11.7 Å². The van der Waals surface area contributed by atoms with E-state index in [2.05, 4.69) is 0 Å². The predicted molar refractivity (Wildman–Crippen MR) is 97.8 cm³/mol. The molecule has 0 amide bonds. The summed E-state index contributed by atoms with van der Waals surface area (Å²) in [6.07, 6.45) is 2.22. The molecule has 4 nitrogen and oxygen atoms in total. The lowest BCUT2D eigenvalue weighted by Gasteiger charge is -2.28. The largest absolute Gasteiger partial charge is 0.497 e. The smallest absolute Gasteiger partial charge is 0.317 e. The number of carbonyl (C=O) groups is 2. The summed E-state index contributed by atoms with van der Waals surface area (Å²) >= 11 is 1.57. The molecular weight excluding hydrogens is 336 g/mol. The monoisotopic (exact) mass is 356 g/mol. The van der Waals surface area contributed by atoms with Gasteiger partial charge < -0.3 is 9.47 Å². The zero-order valence-electron chi connectivity index (χ0n) is 14.2. The Morgan fingerprint density at radius 3 is 2.60 bits per heavy atom. The van der Waals surface area contributed by atoms with Crippen LogP contribution in [0.15, 0.2) is 47.9 Å². The molecule has 0 bridgehead atoms. The molecule has 2 atom stereocenters. The first-order chi connectivity index (χ1) is 12.1. The van der Waals surface area contributed by atoms with Crippen molar-refractivity contribution >= 4 is 28.7 Å². The molecule has 0 radical (unpaired) electrons. The van der Waals surface area contributed by atoms with Crippen molar-refractivity contribution in [2.45, 2.75) is 19.3 Å². The van der Waals surface area contributed by atoms with Crippen LogP contribution in [-0.2, 0) is 14.3 Å². The number of thiophene rings is 1. The lowest BCUT2D eigenvalue weighted by molar-refractivity contribution is -0.151. The molecule has 1 heterocycles. The van der Waals surface area contributed by atoms with Crippen LogP contribution in [0.3, 0.4) is 0 Å². The first kappa shape index (κ1) is 17.4. The normalized spacial score (nSPS) is 20.1. The van der Waals surface area contributed by atoms with E-state index in [0.717, 1.165) is 21.8 Å². The molecule has 0 saturated heterocycles. The van der Waals surface area contributed by atoms with E-state index in [4.69, 9.17) is 9.47 Å². The van der Waals surface area contributed by atoms with Gasteiger partial charge in [0, 0.05) is 10.8 Å². The molecule has 0 spiro atoms. The van der Waals surface area contributed by atoms with E-state index in [0.29, 0.717) is 6.42 Å². The Labute approximate surface area is 151 Å². The molecule has 0 aliphatic heterocycles. The molecule has 0 saturated carbocycles. The minimum absolute atomic E-state index is 0.186. The van der Waals surface area contributed by atoms with E-state index in [9.17, 15) is 9.59 Å². The summed E-state index contributed by atoms with van der Waals surface area (Å²) in [7, 11) is 1.62. The summed E-state index contributed by atoms with van der Waals surface area (Å²) in [6, 6.07) is 11.5. The summed E-state index contributed by atoms with van der Waals surface area (Å²) in [6.45, 7) is 2.03. The fourth-order valence-corrected chi connectivity index (χ4v) is 4.02. The van der Waals surface area contributed by atoms with Gasteiger partial charge in [-0.2, -0.15) is 0 Å². The van der Waals surface area contributed by atoms with E-state index < -0.39 is 11.9 Å². The number of esters is 1. The molecule has 2 aromatic rings. The number of benzene rings is 1. The highest BCUT2D eigenvalue weighted by molar-refractivity contribution is 7.10. The average molecular weight is 356 g/mol. The molecule has 1 aromatic heterocycles. The van der Waals surface area contributed by atoms with Crippen molar-refractivity contribution < 1.29 is 19.1 Å². The van der Waals surface area contributed by atoms with Gasteiger partial charge in [-0.05, 0) is 54.1 Å². The Kier molecular flexibility index (Phi) is 5.34.